The molecule has 26 heavy (non-hydrogen) atoms. The van der Waals surface area contributed by atoms with Gasteiger partial charge in [-0.25, -0.2) is 18.4 Å². The van der Waals surface area contributed by atoms with Crippen molar-refractivity contribution >= 4 is 0 Å². The van der Waals surface area contributed by atoms with Crippen LogP contribution in [0.5, 0.6) is 0 Å². The number of nitrogens with one attached hydrogen (secondary N) is 1. The highest BCUT2D eigenvalue weighted by molar-refractivity contribution is 5.48. The number of nitrogens with zero attached hydrogens (tertiary/aromatic N) is 3. The Balaban J connectivity index is 1.59. The average Bonchev–Trinajstić information content (AvgIpc) is 3.07. The zero-order chi connectivity index (χ0) is 17.7. The van der Waals surface area contributed by atoms with Crippen molar-refractivity contribution in [3.8, 4) is 17.3 Å². The van der Waals surface area contributed by atoms with Crippen LogP contribution in [0.4, 0.5) is 8.78 Å². The van der Waals surface area contributed by atoms with Crippen molar-refractivity contribution in [1.82, 2.24) is 20.1 Å². The van der Waals surface area contributed by atoms with E-state index in [-0.39, 0.29) is 11.3 Å². The molecule has 3 aromatic rings. The van der Waals surface area contributed by atoms with Crippen molar-refractivity contribution in [2.45, 2.75) is 25.2 Å². The first-order valence-corrected chi connectivity index (χ1v) is 8.83. The summed E-state index contributed by atoms with van der Waals surface area (Å²) >= 11 is 0. The number of piperidine rings is 1. The van der Waals surface area contributed by atoms with Crippen LogP contribution in [0, 0.1) is 17.0 Å². The van der Waals surface area contributed by atoms with Gasteiger partial charge in [-0.1, -0.05) is 0 Å². The molecule has 1 aromatic carbocycles. The van der Waals surface area contributed by atoms with Gasteiger partial charge in [0.2, 0.25) is 5.82 Å². The number of benzene rings is 1. The van der Waals surface area contributed by atoms with Crippen LogP contribution in [-0.4, -0.2) is 27.9 Å². The first-order valence-electron chi connectivity index (χ1n) is 8.83. The van der Waals surface area contributed by atoms with Crippen LogP contribution in [0.1, 0.15) is 31.0 Å². The number of rotatable bonds is 3. The summed E-state index contributed by atoms with van der Waals surface area (Å²) in [7, 11) is 0. The minimum Gasteiger partial charge on any atom is -0.461 e. The van der Waals surface area contributed by atoms with Crippen molar-refractivity contribution in [3.63, 3.8) is 0 Å². The molecule has 1 N–H and O–H groups in total. The van der Waals surface area contributed by atoms with E-state index in [1.165, 1.54) is 6.07 Å². The summed E-state index contributed by atoms with van der Waals surface area (Å²) in [5.41, 5.74) is 0.717. The summed E-state index contributed by atoms with van der Waals surface area (Å²) in [4.78, 5) is 4.71. The van der Waals surface area contributed by atoms with Crippen LogP contribution >= 0.6 is 0 Å². The molecule has 2 fully saturated rings. The molecule has 1 unspecified atom stereocenters. The summed E-state index contributed by atoms with van der Waals surface area (Å²) < 4.78 is 34.2. The van der Waals surface area contributed by atoms with Gasteiger partial charge in [-0.15, -0.1) is 5.10 Å². The third kappa shape index (κ3) is 2.46. The van der Waals surface area contributed by atoms with Gasteiger partial charge >= 0.3 is 0 Å². The molecular formula is C19H18F2N4O. The molecule has 2 aliphatic rings. The van der Waals surface area contributed by atoms with Crippen LogP contribution in [0.25, 0.3) is 17.3 Å². The molecule has 5 nitrogen and oxygen atoms in total. The predicted octanol–water partition coefficient (Wildman–Crippen LogP) is 3.66. The van der Waals surface area contributed by atoms with Gasteiger partial charge in [0, 0.05) is 12.0 Å². The first kappa shape index (κ1) is 15.7. The molecule has 1 atom stereocenters. The predicted molar refractivity (Wildman–Crippen MR) is 90.9 cm³/mol. The maximum absolute atomic E-state index is 13.8. The van der Waals surface area contributed by atoms with E-state index in [0.29, 0.717) is 17.3 Å². The van der Waals surface area contributed by atoms with Crippen LogP contribution in [0.15, 0.2) is 41.0 Å². The van der Waals surface area contributed by atoms with E-state index >= 15 is 0 Å². The van der Waals surface area contributed by atoms with Crippen molar-refractivity contribution in [1.29, 1.82) is 0 Å². The topological polar surface area (TPSA) is 55.9 Å². The van der Waals surface area contributed by atoms with Crippen LogP contribution in [0.3, 0.4) is 0 Å². The molecule has 134 valence electrons. The lowest BCUT2D eigenvalue weighted by Crippen LogP contribution is -2.29. The van der Waals surface area contributed by atoms with Gasteiger partial charge < -0.3 is 9.73 Å². The molecule has 0 radical (unpaired) electrons. The molecule has 1 saturated heterocycles. The number of hydrogen-bond acceptors (Lipinski definition) is 4. The van der Waals surface area contributed by atoms with Gasteiger partial charge in [-0.3, -0.25) is 0 Å². The second kappa shape index (κ2) is 5.74. The third-order valence-corrected chi connectivity index (χ3v) is 5.62. The van der Waals surface area contributed by atoms with E-state index in [4.69, 9.17) is 9.40 Å². The summed E-state index contributed by atoms with van der Waals surface area (Å²) in [6.45, 7) is 2.00. The Hall–Kier alpha value is -2.54. The largest absolute Gasteiger partial charge is 0.461 e. The summed E-state index contributed by atoms with van der Waals surface area (Å²) in [5, 5.41) is 7.93. The molecule has 1 spiro atoms. The van der Waals surface area contributed by atoms with Gasteiger partial charge in [0.25, 0.3) is 0 Å². The van der Waals surface area contributed by atoms with E-state index in [0.717, 1.165) is 50.3 Å². The SMILES string of the molecule is Fc1ccc(-n2nc(-c3ccco3)nc2C2CC23CCNCC3)cc1F. The summed E-state index contributed by atoms with van der Waals surface area (Å²) in [5.74, 6) is 0.329. The fourth-order valence-electron chi connectivity index (χ4n) is 4.06. The maximum Gasteiger partial charge on any atom is 0.217 e. The minimum absolute atomic E-state index is 0.245. The normalized spacial score (nSPS) is 21.2. The molecule has 0 amide bonds. The van der Waals surface area contributed by atoms with Gasteiger partial charge in [-0.05, 0) is 62.0 Å². The van der Waals surface area contributed by atoms with Gasteiger partial charge in [0.15, 0.2) is 17.4 Å². The number of aromatic nitrogens is 3. The second-order valence-electron chi connectivity index (χ2n) is 7.15. The highest BCUT2D eigenvalue weighted by Crippen LogP contribution is 2.64. The average molecular weight is 356 g/mol. The van der Waals surface area contributed by atoms with E-state index in [1.807, 2.05) is 0 Å². The molecule has 1 aliphatic heterocycles. The Morgan fingerprint density at radius 2 is 2.00 bits per heavy atom. The highest BCUT2D eigenvalue weighted by Gasteiger charge is 2.57. The number of halogens is 2. The smallest absolute Gasteiger partial charge is 0.217 e. The Morgan fingerprint density at radius 3 is 2.73 bits per heavy atom. The first-order chi connectivity index (χ1) is 12.7. The highest BCUT2D eigenvalue weighted by atomic mass is 19.2. The second-order valence-corrected chi connectivity index (χ2v) is 7.15. The monoisotopic (exact) mass is 356 g/mol. The molecule has 3 heterocycles. The van der Waals surface area contributed by atoms with Gasteiger partial charge in [0.1, 0.15) is 5.82 Å². The van der Waals surface area contributed by atoms with E-state index in [1.54, 1.807) is 23.1 Å². The van der Waals surface area contributed by atoms with E-state index in [2.05, 4.69) is 10.4 Å². The van der Waals surface area contributed by atoms with E-state index in [9.17, 15) is 8.78 Å². The summed E-state index contributed by atoms with van der Waals surface area (Å²) in [6.07, 6.45) is 4.81. The zero-order valence-corrected chi connectivity index (χ0v) is 14.1. The van der Waals surface area contributed by atoms with Crippen molar-refractivity contribution in [3.05, 3.63) is 54.1 Å². The van der Waals surface area contributed by atoms with Crippen molar-refractivity contribution in [2.75, 3.05) is 13.1 Å². The fraction of sp³-hybridized carbons (Fsp3) is 0.368. The van der Waals surface area contributed by atoms with Crippen molar-refractivity contribution in [2.24, 2.45) is 5.41 Å². The molecule has 1 saturated carbocycles. The molecular weight excluding hydrogens is 338 g/mol. The molecule has 7 heteroatoms. The molecule has 1 aliphatic carbocycles. The van der Waals surface area contributed by atoms with Crippen molar-refractivity contribution < 1.29 is 13.2 Å². The number of furan rings is 1. The minimum atomic E-state index is -0.893. The zero-order valence-electron chi connectivity index (χ0n) is 14.1. The Kier molecular flexibility index (Phi) is 3.46. The van der Waals surface area contributed by atoms with Crippen LogP contribution in [-0.2, 0) is 0 Å². The summed E-state index contributed by atoms with van der Waals surface area (Å²) in [6, 6.07) is 7.38. The Labute approximate surface area is 149 Å². The molecule has 5 rings (SSSR count). The lowest BCUT2D eigenvalue weighted by molar-refractivity contribution is 0.339. The third-order valence-electron chi connectivity index (χ3n) is 5.62. The molecule has 2 aromatic heterocycles. The Bertz CT molecular complexity index is 945. The number of hydrogen-bond donors (Lipinski definition) is 1. The maximum atomic E-state index is 13.8. The van der Waals surface area contributed by atoms with Gasteiger partial charge in [-0.2, -0.15) is 0 Å². The van der Waals surface area contributed by atoms with Crippen LogP contribution < -0.4 is 5.32 Å². The fourth-order valence-corrected chi connectivity index (χ4v) is 4.06. The van der Waals surface area contributed by atoms with E-state index < -0.39 is 11.6 Å². The standard InChI is InChI=1S/C19H18F2N4O/c20-14-4-3-12(10-15(14)21)25-18(13-11-19(13)5-7-22-8-6-19)23-17(24-25)16-2-1-9-26-16/h1-4,9-10,13,22H,5-8,11H2. The Morgan fingerprint density at radius 1 is 1.15 bits per heavy atom. The van der Waals surface area contributed by atoms with Crippen LogP contribution in [0.2, 0.25) is 0 Å². The lowest BCUT2D eigenvalue weighted by Gasteiger charge is -2.23. The van der Waals surface area contributed by atoms with Gasteiger partial charge in [0.05, 0.1) is 12.0 Å². The lowest BCUT2D eigenvalue weighted by atomic mass is 9.92. The quantitative estimate of drug-likeness (QED) is 0.778. The molecule has 0 bridgehead atoms.